The van der Waals surface area contributed by atoms with Crippen LogP contribution in [0.5, 0.6) is 0 Å². The molecule has 1 heterocycles. The summed E-state index contributed by atoms with van der Waals surface area (Å²) in [6.45, 7) is 0. The molecule has 1 aliphatic carbocycles. The van der Waals surface area contributed by atoms with Crippen molar-refractivity contribution in [1.29, 1.82) is 0 Å². The van der Waals surface area contributed by atoms with E-state index in [2.05, 4.69) is 20.9 Å². The van der Waals surface area contributed by atoms with Crippen LogP contribution in [0.25, 0.3) is 0 Å². The molecule has 0 saturated heterocycles. The molecule has 0 fully saturated rings. The largest absolute Gasteiger partial charge is 0.295 e. The second-order valence-corrected chi connectivity index (χ2v) is 4.33. The maximum absolute atomic E-state index is 11.0. The number of rotatable bonds is 2. The monoisotopic (exact) mass is 251 g/mol. The van der Waals surface area contributed by atoms with Gasteiger partial charge in [-0.3, -0.25) is 9.78 Å². The molecule has 0 bridgehead atoms. The topological polar surface area (TPSA) is 30.0 Å². The van der Waals surface area contributed by atoms with Gasteiger partial charge in [-0.25, -0.2) is 0 Å². The number of carbonyl (C=O) groups is 1. The van der Waals surface area contributed by atoms with Gasteiger partial charge in [0.15, 0.2) is 5.78 Å². The molecule has 0 saturated carbocycles. The van der Waals surface area contributed by atoms with Crippen LogP contribution in [0.2, 0.25) is 0 Å². The highest BCUT2D eigenvalue weighted by molar-refractivity contribution is 9.10. The number of allylic oxidation sites excluding steroid dienone is 2. The van der Waals surface area contributed by atoms with E-state index in [0.717, 1.165) is 23.0 Å². The van der Waals surface area contributed by atoms with Gasteiger partial charge in [-0.05, 0) is 40.6 Å². The zero-order valence-corrected chi connectivity index (χ0v) is 9.25. The maximum Gasteiger partial charge on any atom is 0.155 e. The number of nitrogens with zero attached hydrogens (tertiary/aromatic N) is 1. The van der Waals surface area contributed by atoms with Crippen LogP contribution < -0.4 is 0 Å². The molecule has 2 rings (SSSR count). The van der Waals surface area contributed by atoms with Crippen molar-refractivity contribution in [1.82, 2.24) is 4.98 Å². The van der Waals surface area contributed by atoms with Crippen molar-refractivity contribution < 1.29 is 4.79 Å². The van der Waals surface area contributed by atoms with Crippen molar-refractivity contribution in [2.24, 2.45) is 0 Å². The van der Waals surface area contributed by atoms with E-state index in [9.17, 15) is 4.79 Å². The van der Waals surface area contributed by atoms with E-state index in [1.54, 1.807) is 12.3 Å². The molecule has 3 heteroatoms. The Bertz CT molecular complexity index is 381. The summed E-state index contributed by atoms with van der Waals surface area (Å²) >= 11 is 3.34. The van der Waals surface area contributed by atoms with Crippen molar-refractivity contribution in [3.63, 3.8) is 0 Å². The Morgan fingerprint density at radius 3 is 2.79 bits per heavy atom. The van der Waals surface area contributed by atoms with Gasteiger partial charge >= 0.3 is 0 Å². The first kappa shape index (κ1) is 9.59. The standard InChI is InChI=1S/C11H10BrNO/c12-9-2-3-10(13-7-9)5-8-1-4-11(14)6-8/h2-3,6-7H,1,4-5H2. The molecule has 1 aromatic rings. The van der Waals surface area contributed by atoms with Gasteiger partial charge in [0.25, 0.3) is 0 Å². The van der Waals surface area contributed by atoms with E-state index in [1.807, 2.05) is 12.1 Å². The van der Waals surface area contributed by atoms with Gasteiger partial charge in [-0.2, -0.15) is 0 Å². The maximum atomic E-state index is 11.0. The fraction of sp³-hybridized carbons (Fsp3) is 0.273. The lowest BCUT2D eigenvalue weighted by Crippen LogP contribution is -1.91. The minimum Gasteiger partial charge on any atom is -0.295 e. The predicted octanol–water partition coefficient (Wildman–Crippen LogP) is 2.68. The van der Waals surface area contributed by atoms with E-state index in [0.29, 0.717) is 6.42 Å². The minimum absolute atomic E-state index is 0.247. The van der Waals surface area contributed by atoms with Crippen molar-refractivity contribution in [3.05, 3.63) is 40.1 Å². The molecule has 0 amide bonds. The van der Waals surface area contributed by atoms with Crippen molar-refractivity contribution >= 4 is 21.7 Å². The molecule has 0 unspecified atom stereocenters. The average molecular weight is 252 g/mol. The summed E-state index contributed by atoms with van der Waals surface area (Å²) in [5.41, 5.74) is 2.22. The summed E-state index contributed by atoms with van der Waals surface area (Å²) in [7, 11) is 0. The molecular formula is C11H10BrNO. The molecule has 0 spiro atoms. The smallest absolute Gasteiger partial charge is 0.155 e. The van der Waals surface area contributed by atoms with Crippen molar-refractivity contribution in [2.75, 3.05) is 0 Å². The van der Waals surface area contributed by atoms with Gasteiger partial charge in [0.05, 0.1) is 0 Å². The summed E-state index contributed by atoms with van der Waals surface area (Å²) < 4.78 is 0.984. The summed E-state index contributed by atoms with van der Waals surface area (Å²) in [4.78, 5) is 15.3. The minimum atomic E-state index is 0.247. The van der Waals surface area contributed by atoms with Crippen LogP contribution in [0.1, 0.15) is 18.5 Å². The molecular weight excluding hydrogens is 242 g/mol. The number of aromatic nitrogens is 1. The van der Waals surface area contributed by atoms with Gasteiger partial charge in [-0.15, -0.1) is 0 Å². The van der Waals surface area contributed by atoms with Crippen LogP contribution >= 0.6 is 15.9 Å². The van der Waals surface area contributed by atoms with E-state index in [1.165, 1.54) is 5.57 Å². The van der Waals surface area contributed by atoms with Crippen molar-refractivity contribution in [3.8, 4) is 0 Å². The first-order valence-electron chi connectivity index (χ1n) is 4.57. The quantitative estimate of drug-likeness (QED) is 0.809. The van der Waals surface area contributed by atoms with Crippen LogP contribution in [-0.2, 0) is 11.2 Å². The van der Waals surface area contributed by atoms with Gasteiger partial charge < -0.3 is 0 Å². The molecule has 2 nitrogen and oxygen atoms in total. The van der Waals surface area contributed by atoms with Gasteiger partial charge in [0, 0.05) is 29.2 Å². The van der Waals surface area contributed by atoms with E-state index < -0.39 is 0 Å². The fourth-order valence-electron chi connectivity index (χ4n) is 1.54. The average Bonchev–Trinajstić information content (AvgIpc) is 2.56. The number of ketones is 1. The van der Waals surface area contributed by atoms with Crippen LogP contribution in [0, 0.1) is 0 Å². The molecule has 14 heavy (non-hydrogen) atoms. The first-order valence-corrected chi connectivity index (χ1v) is 5.36. The Kier molecular flexibility index (Phi) is 2.77. The van der Waals surface area contributed by atoms with E-state index in [-0.39, 0.29) is 5.78 Å². The Hall–Kier alpha value is -0.960. The zero-order valence-electron chi connectivity index (χ0n) is 7.66. The van der Waals surface area contributed by atoms with Gasteiger partial charge in [0.2, 0.25) is 0 Å². The Labute approximate surface area is 91.2 Å². The zero-order chi connectivity index (χ0) is 9.97. The Balaban J connectivity index is 2.08. The second kappa shape index (κ2) is 4.05. The normalized spacial score (nSPS) is 15.8. The number of hydrogen-bond acceptors (Lipinski definition) is 2. The molecule has 72 valence electrons. The number of halogens is 1. The number of hydrogen-bond donors (Lipinski definition) is 0. The highest BCUT2D eigenvalue weighted by atomic mass is 79.9. The fourth-order valence-corrected chi connectivity index (χ4v) is 1.77. The Morgan fingerprint density at radius 1 is 1.36 bits per heavy atom. The third-order valence-corrected chi connectivity index (χ3v) is 2.72. The summed E-state index contributed by atoms with van der Waals surface area (Å²) in [5.74, 6) is 0.247. The SMILES string of the molecule is O=C1C=C(Cc2ccc(Br)cn2)CC1. The second-order valence-electron chi connectivity index (χ2n) is 3.41. The summed E-state index contributed by atoms with van der Waals surface area (Å²) in [6.07, 6.45) is 5.91. The summed E-state index contributed by atoms with van der Waals surface area (Å²) in [6, 6.07) is 3.95. The Morgan fingerprint density at radius 2 is 2.21 bits per heavy atom. The van der Waals surface area contributed by atoms with E-state index >= 15 is 0 Å². The van der Waals surface area contributed by atoms with Crippen LogP contribution in [0.15, 0.2) is 34.5 Å². The van der Waals surface area contributed by atoms with E-state index in [4.69, 9.17) is 0 Å². The molecule has 1 aromatic heterocycles. The molecule has 0 aliphatic heterocycles. The lowest BCUT2D eigenvalue weighted by Gasteiger charge is -2.00. The van der Waals surface area contributed by atoms with Crippen LogP contribution in [0.3, 0.4) is 0 Å². The molecule has 0 atom stereocenters. The molecule has 1 aliphatic rings. The third kappa shape index (κ3) is 2.29. The number of carbonyl (C=O) groups excluding carboxylic acids is 1. The summed E-state index contributed by atoms with van der Waals surface area (Å²) in [5, 5.41) is 0. The highest BCUT2D eigenvalue weighted by Gasteiger charge is 2.12. The van der Waals surface area contributed by atoms with Crippen LogP contribution in [0.4, 0.5) is 0 Å². The number of pyridine rings is 1. The predicted molar refractivity (Wildman–Crippen MR) is 58.0 cm³/mol. The molecule has 0 radical (unpaired) electrons. The lowest BCUT2D eigenvalue weighted by molar-refractivity contribution is -0.114. The lowest BCUT2D eigenvalue weighted by atomic mass is 10.1. The third-order valence-electron chi connectivity index (χ3n) is 2.25. The van der Waals surface area contributed by atoms with Gasteiger partial charge in [-0.1, -0.05) is 5.57 Å². The highest BCUT2D eigenvalue weighted by Crippen LogP contribution is 2.19. The van der Waals surface area contributed by atoms with Crippen molar-refractivity contribution in [2.45, 2.75) is 19.3 Å². The molecule has 0 aromatic carbocycles. The molecule has 0 N–H and O–H groups in total. The first-order chi connectivity index (χ1) is 6.74. The van der Waals surface area contributed by atoms with Gasteiger partial charge in [0.1, 0.15) is 0 Å². The van der Waals surface area contributed by atoms with Crippen LogP contribution in [-0.4, -0.2) is 10.8 Å².